The van der Waals surface area contributed by atoms with Gasteiger partial charge < -0.3 is 15.7 Å². The lowest BCUT2D eigenvalue weighted by Gasteiger charge is -2.32. The lowest BCUT2D eigenvalue weighted by molar-refractivity contribution is -0.139. The Hall–Kier alpha value is -2.37. The van der Waals surface area contributed by atoms with E-state index >= 15 is 0 Å². The number of hydrogen-bond donors (Lipinski definition) is 3. The summed E-state index contributed by atoms with van der Waals surface area (Å²) in [5.41, 5.74) is 0.766. The van der Waals surface area contributed by atoms with E-state index in [0.29, 0.717) is 18.5 Å². The van der Waals surface area contributed by atoms with E-state index in [4.69, 9.17) is 5.11 Å². The van der Waals surface area contributed by atoms with Gasteiger partial charge in [-0.15, -0.1) is 0 Å². The number of benzene rings is 1. The monoisotopic (exact) mass is 316 g/mol. The van der Waals surface area contributed by atoms with Crippen molar-refractivity contribution < 1.29 is 19.5 Å². The molecule has 0 saturated heterocycles. The number of carbonyl (C=O) groups is 3. The van der Waals surface area contributed by atoms with Gasteiger partial charge in [-0.05, 0) is 24.5 Å². The second-order valence-corrected chi connectivity index (χ2v) is 6.44. The van der Waals surface area contributed by atoms with Crippen LogP contribution in [0, 0.1) is 0 Å². The molecule has 1 fully saturated rings. The van der Waals surface area contributed by atoms with Crippen LogP contribution in [0.25, 0.3) is 0 Å². The van der Waals surface area contributed by atoms with E-state index in [1.165, 1.54) is 0 Å². The average Bonchev–Trinajstić information content (AvgIpc) is 2.93. The fraction of sp³-hybridized carbons (Fsp3) is 0.471. The molecule has 6 nitrogen and oxygen atoms in total. The van der Waals surface area contributed by atoms with E-state index in [-0.39, 0.29) is 24.7 Å². The van der Waals surface area contributed by atoms with Crippen molar-refractivity contribution >= 4 is 23.5 Å². The van der Waals surface area contributed by atoms with Crippen molar-refractivity contribution in [3.63, 3.8) is 0 Å². The van der Waals surface area contributed by atoms with Crippen molar-refractivity contribution in [1.29, 1.82) is 0 Å². The summed E-state index contributed by atoms with van der Waals surface area (Å²) in [4.78, 5) is 35.8. The van der Waals surface area contributed by atoms with Crippen molar-refractivity contribution in [3.05, 3.63) is 29.8 Å². The van der Waals surface area contributed by atoms with Crippen molar-refractivity contribution in [3.8, 4) is 0 Å². The Bertz CT molecular complexity index is 650. The summed E-state index contributed by atoms with van der Waals surface area (Å²) >= 11 is 0. The van der Waals surface area contributed by atoms with Crippen LogP contribution in [-0.4, -0.2) is 28.4 Å². The predicted molar refractivity (Wildman–Crippen MR) is 84.0 cm³/mol. The summed E-state index contributed by atoms with van der Waals surface area (Å²) < 4.78 is 0. The first kappa shape index (κ1) is 15.5. The summed E-state index contributed by atoms with van der Waals surface area (Å²) in [7, 11) is 0. The Morgan fingerprint density at radius 2 is 1.96 bits per heavy atom. The van der Waals surface area contributed by atoms with E-state index < -0.39 is 17.4 Å². The zero-order valence-electron chi connectivity index (χ0n) is 12.8. The highest BCUT2D eigenvalue weighted by atomic mass is 16.4. The van der Waals surface area contributed by atoms with Crippen LogP contribution in [0.3, 0.4) is 0 Å². The maximum Gasteiger partial charge on any atom is 0.305 e. The number of fused-ring (bicyclic) bond motifs is 1. The molecule has 3 rings (SSSR count). The topological polar surface area (TPSA) is 95.5 Å². The summed E-state index contributed by atoms with van der Waals surface area (Å²) in [5, 5.41) is 14.9. The molecule has 1 saturated carbocycles. The molecular weight excluding hydrogens is 296 g/mol. The third kappa shape index (κ3) is 3.21. The molecule has 0 radical (unpaired) electrons. The number of aliphatic carboxylic acids is 1. The minimum Gasteiger partial charge on any atom is -0.481 e. The molecule has 2 amide bonds. The molecule has 1 aromatic rings. The predicted octanol–water partition coefficient (Wildman–Crippen LogP) is 2.02. The van der Waals surface area contributed by atoms with Gasteiger partial charge in [-0.3, -0.25) is 14.4 Å². The van der Waals surface area contributed by atoms with Crippen LogP contribution in [-0.2, 0) is 14.4 Å². The van der Waals surface area contributed by atoms with Crippen LogP contribution in [0.2, 0.25) is 0 Å². The highest BCUT2D eigenvalue weighted by Crippen LogP contribution is 2.36. The Balaban J connectivity index is 1.83. The number of anilines is 1. The minimum absolute atomic E-state index is 0.0701. The van der Waals surface area contributed by atoms with Crippen LogP contribution < -0.4 is 10.6 Å². The van der Waals surface area contributed by atoms with Gasteiger partial charge in [-0.25, -0.2) is 0 Å². The minimum atomic E-state index is -0.908. The van der Waals surface area contributed by atoms with E-state index in [0.717, 1.165) is 18.4 Å². The zero-order valence-corrected chi connectivity index (χ0v) is 12.8. The lowest BCUT2D eigenvalue weighted by Crippen LogP contribution is -2.50. The Kier molecular flexibility index (Phi) is 4.07. The first-order valence-corrected chi connectivity index (χ1v) is 7.92. The van der Waals surface area contributed by atoms with E-state index in [9.17, 15) is 14.4 Å². The Morgan fingerprint density at radius 1 is 1.26 bits per heavy atom. The molecule has 1 atom stereocenters. The summed E-state index contributed by atoms with van der Waals surface area (Å²) in [6.45, 7) is 0. The molecule has 1 aliphatic heterocycles. The fourth-order valence-corrected chi connectivity index (χ4v) is 3.68. The molecular formula is C17H20N2O4. The van der Waals surface area contributed by atoms with Crippen molar-refractivity contribution in [2.45, 2.75) is 50.0 Å². The number of carbonyl (C=O) groups excluding carboxylic acids is 2. The number of carboxylic acids is 1. The standard InChI is InChI=1S/C17H20N2O4/c20-14-9-12(11-5-1-2-6-13(11)18-14)16(23)19-17(10-15(21)22)7-3-4-8-17/h1-2,5-6,12H,3-4,7-10H2,(H,18,20)(H,19,23)(H,21,22). The van der Waals surface area contributed by atoms with Crippen molar-refractivity contribution in [2.24, 2.45) is 0 Å². The summed E-state index contributed by atoms with van der Waals surface area (Å²) in [6, 6.07) is 7.24. The molecule has 6 heteroatoms. The van der Waals surface area contributed by atoms with Crippen LogP contribution in [0.1, 0.15) is 50.0 Å². The number of rotatable bonds is 4. The van der Waals surface area contributed by atoms with Gasteiger partial charge in [0, 0.05) is 12.1 Å². The Morgan fingerprint density at radius 3 is 2.65 bits per heavy atom. The highest BCUT2D eigenvalue weighted by Gasteiger charge is 2.40. The van der Waals surface area contributed by atoms with Gasteiger partial charge in [0.05, 0.1) is 17.9 Å². The van der Waals surface area contributed by atoms with Crippen LogP contribution >= 0.6 is 0 Å². The SMILES string of the molecule is O=C(O)CC1(NC(=O)C2CC(=O)Nc3ccccc32)CCCC1. The molecule has 1 aromatic carbocycles. The van der Waals surface area contributed by atoms with Crippen LogP contribution in [0.4, 0.5) is 5.69 Å². The van der Waals surface area contributed by atoms with E-state index in [1.54, 1.807) is 6.07 Å². The number of carboxylic acid groups (broad SMARTS) is 1. The second kappa shape index (κ2) is 6.02. The van der Waals surface area contributed by atoms with Gasteiger partial charge in [0.2, 0.25) is 11.8 Å². The third-order valence-electron chi connectivity index (χ3n) is 4.75. The highest BCUT2D eigenvalue weighted by molar-refractivity contribution is 6.01. The molecule has 0 aromatic heterocycles. The molecule has 3 N–H and O–H groups in total. The number of nitrogens with one attached hydrogen (secondary N) is 2. The van der Waals surface area contributed by atoms with Gasteiger partial charge in [0.15, 0.2) is 0 Å². The van der Waals surface area contributed by atoms with Crippen molar-refractivity contribution in [1.82, 2.24) is 5.32 Å². The first-order valence-electron chi connectivity index (χ1n) is 7.92. The normalized spacial score (nSPS) is 22.1. The van der Waals surface area contributed by atoms with E-state index in [2.05, 4.69) is 10.6 Å². The molecule has 2 aliphatic rings. The fourth-order valence-electron chi connectivity index (χ4n) is 3.68. The zero-order chi connectivity index (χ0) is 16.4. The molecule has 0 bridgehead atoms. The smallest absolute Gasteiger partial charge is 0.305 e. The summed E-state index contributed by atoms with van der Waals surface area (Å²) in [5.74, 6) is -1.92. The van der Waals surface area contributed by atoms with Crippen LogP contribution in [0.5, 0.6) is 0 Å². The number of hydrogen-bond acceptors (Lipinski definition) is 3. The maximum atomic E-state index is 12.8. The number of para-hydroxylation sites is 1. The first-order chi connectivity index (χ1) is 11.0. The van der Waals surface area contributed by atoms with Gasteiger partial charge in [-0.2, -0.15) is 0 Å². The molecule has 1 heterocycles. The summed E-state index contributed by atoms with van der Waals surface area (Å²) in [6.07, 6.45) is 3.19. The third-order valence-corrected chi connectivity index (χ3v) is 4.75. The molecule has 23 heavy (non-hydrogen) atoms. The largest absolute Gasteiger partial charge is 0.481 e. The van der Waals surface area contributed by atoms with Gasteiger partial charge in [0.1, 0.15) is 0 Å². The number of amides is 2. The second-order valence-electron chi connectivity index (χ2n) is 6.44. The lowest BCUT2D eigenvalue weighted by atomic mass is 9.87. The van der Waals surface area contributed by atoms with Crippen molar-refractivity contribution in [2.75, 3.05) is 5.32 Å². The quantitative estimate of drug-likeness (QED) is 0.792. The molecule has 1 aliphatic carbocycles. The average molecular weight is 316 g/mol. The van der Waals surface area contributed by atoms with Gasteiger partial charge in [0.25, 0.3) is 0 Å². The molecule has 1 unspecified atom stereocenters. The van der Waals surface area contributed by atoms with Gasteiger partial charge >= 0.3 is 5.97 Å². The van der Waals surface area contributed by atoms with Gasteiger partial charge in [-0.1, -0.05) is 31.0 Å². The molecule has 0 spiro atoms. The van der Waals surface area contributed by atoms with E-state index in [1.807, 2.05) is 18.2 Å². The Labute approximate surface area is 134 Å². The maximum absolute atomic E-state index is 12.8. The molecule has 122 valence electrons. The van der Waals surface area contributed by atoms with Crippen LogP contribution in [0.15, 0.2) is 24.3 Å².